The van der Waals surface area contributed by atoms with Crippen LogP contribution in [0.4, 0.5) is 11.6 Å². The van der Waals surface area contributed by atoms with Crippen molar-refractivity contribution < 1.29 is 0 Å². The van der Waals surface area contributed by atoms with Gasteiger partial charge in [0.25, 0.3) is 0 Å². The van der Waals surface area contributed by atoms with Gasteiger partial charge in [0.15, 0.2) is 0 Å². The van der Waals surface area contributed by atoms with Crippen LogP contribution in [-0.2, 0) is 0 Å². The van der Waals surface area contributed by atoms with Crippen molar-refractivity contribution in [2.24, 2.45) is 5.92 Å². The van der Waals surface area contributed by atoms with Crippen molar-refractivity contribution in [1.82, 2.24) is 9.97 Å². The third-order valence-corrected chi connectivity index (χ3v) is 4.22. The first-order valence-electron chi connectivity index (χ1n) is 7.68. The van der Waals surface area contributed by atoms with Gasteiger partial charge in [-0.05, 0) is 32.1 Å². The van der Waals surface area contributed by atoms with Crippen molar-refractivity contribution in [2.45, 2.75) is 45.4 Å². The SMILES string of the molecule is CCNc1cc(N2CCC(CC)C2)nc(C2CC2)n1. The zero-order chi connectivity index (χ0) is 13.2. The fraction of sp³-hybridized carbons (Fsp3) is 0.733. The number of nitrogens with one attached hydrogen (secondary N) is 1. The maximum absolute atomic E-state index is 4.80. The van der Waals surface area contributed by atoms with Crippen LogP contribution >= 0.6 is 0 Å². The summed E-state index contributed by atoms with van der Waals surface area (Å²) in [5, 5.41) is 3.34. The monoisotopic (exact) mass is 260 g/mol. The van der Waals surface area contributed by atoms with Gasteiger partial charge in [0, 0.05) is 31.6 Å². The van der Waals surface area contributed by atoms with E-state index in [1.165, 1.54) is 25.7 Å². The molecule has 0 radical (unpaired) electrons. The van der Waals surface area contributed by atoms with Crippen molar-refractivity contribution in [3.8, 4) is 0 Å². The Morgan fingerprint density at radius 2 is 2.11 bits per heavy atom. The Morgan fingerprint density at radius 3 is 2.74 bits per heavy atom. The first kappa shape index (κ1) is 12.7. The Kier molecular flexibility index (Phi) is 3.58. The van der Waals surface area contributed by atoms with Gasteiger partial charge < -0.3 is 10.2 Å². The summed E-state index contributed by atoms with van der Waals surface area (Å²) in [7, 11) is 0. The predicted molar refractivity (Wildman–Crippen MR) is 78.8 cm³/mol. The highest BCUT2D eigenvalue weighted by Gasteiger charge is 2.29. The molecule has 1 aliphatic carbocycles. The summed E-state index contributed by atoms with van der Waals surface area (Å²) in [5.41, 5.74) is 0. The molecule has 19 heavy (non-hydrogen) atoms. The molecule has 3 rings (SSSR count). The average molecular weight is 260 g/mol. The summed E-state index contributed by atoms with van der Waals surface area (Å²) >= 11 is 0. The van der Waals surface area contributed by atoms with E-state index in [0.29, 0.717) is 5.92 Å². The van der Waals surface area contributed by atoms with Crippen molar-refractivity contribution in [3.63, 3.8) is 0 Å². The molecule has 104 valence electrons. The third kappa shape index (κ3) is 2.82. The Balaban J connectivity index is 1.83. The second kappa shape index (κ2) is 5.35. The number of anilines is 2. The van der Waals surface area contributed by atoms with Gasteiger partial charge >= 0.3 is 0 Å². The highest BCUT2D eigenvalue weighted by atomic mass is 15.2. The molecule has 1 aromatic heterocycles. The lowest BCUT2D eigenvalue weighted by Crippen LogP contribution is -2.22. The fourth-order valence-electron chi connectivity index (χ4n) is 2.78. The molecule has 1 aromatic rings. The zero-order valence-electron chi connectivity index (χ0n) is 12.0. The Hall–Kier alpha value is -1.32. The summed E-state index contributed by atoms with van der Waals surface area (Å²) in [6.45, 7) is 7.61. The Bertz CT molecular complexity index is 442. The minimum absolute atomic E-state index is 0.613. The molecule has 1 saturated carbocycles. The fourth-order valence-corrected chi connectivity index (χ4v) is 2.78. The van der Waals surface area contributed by atoms with E-state index in [4.69, 9.17) is 4.98 Å². The molecule has 0 amide bonds. The van der Waals surface area contributed by atoms with Crippen LogP contribution in [0.1, 0.15) is 51.3 Å². The van der Waals surface area contributed by atoms with Gasteiger partial charge in [0.1, 0.15) is 17.5 Å². The van der Waals surface area contributed by atoms with E-state index in [-0.39, 0.29) is 0 Å². The van der Waals surface area contributed by atoms with Crippen LogP contribution in [0, 0.1) is 5.92 Å². The standard InChI is InChI=1S/C15H24N4/c1-3-11-7-8-19(10-11)14-9-13(16-4-2)17-15(18-14)12-5-6-12/h9,11-12H,3-8,10H2,1-2H3,(H,16,17,18). The molecule has 0 spiro atoms. The lowest BCUT2D eigenvalue weighted by atomic mass is 10.1. The van der Waals surface area contributed by atoms with Crippen molar-refractivity contribution in [2.75, 3.05) is 29.9 Å². The maximum atomic E-state index is 4.80. The normalized spacial score (nSPS) is 22.8. The molecule has 4 nitrogen and oxygen atoms in total. The van der Waals surface area contributed by atoms with Crippen molar-refractivity contribution in [1.29, 1.82) is 0 Å². The molecule has 2 heterocycles. The van der Waals surface area contributed by atoms with Gasteiger partial charge in [-0.1, -0.05) is 13.3 Å². The topological polar surface area (TPSA) is 41.0 Å². The molecule has 1 N–H and O–H groups in total. The zero-order valence-corrected chi connectivity index (χ0v) is 12.0. The molecular formula is C15H24N4. The smallest absolute Gasteiger partial charge is 0.136 e. The van der Waals surface area contributed by atoms with Crippen molar-refractivity contribution >= 4 is 11.6 Å². The number of hydrogen-bond acceptors (Lipinski definition) is 4. The van der Waals surface area contributed by atoms with Crippen LogP contribution < -0.4 is 10.2 Å². The molecule has 1 unspecified atom stereocenters. The molecule has 2 fully saturated rings. The molecule has 2 aliphatic rings. The molecule has 0 bridgehead atoms. The van der Waals surface area contributed by atoms with E-state index in [1.54, 1.807) is 0 Å². The largest absolute Gasteiger partial charge is 0.370 e. The number of aromatic nitrogens is 2. The highest BCUT2D eigenvalue weighted by Crippen LogP contribution is 2.39. The summed E-state index contributed by atoms with van der Waals surface area (Å²) in [4.78, 5) is 11.9. The van der Waals surface area contributed by atoms with E-state index in [1.807, 2.05) is 0 Å². The van der Waals surface area contributed by atoms with Crippen LogP contribution in [0.3, 0.4) is 0 Å². The molecule has 1 aliphatic heterocycles. The Morgan fingerprint density at radius 1 is 1.26 bits per heavy atom. The molecule has 1 saturated heterocycles. The minimum atomic E-state index is 0.613. The van der Waals surface area contributed by atoms with Gasteiger partial charge in [-0.15, -0.1) is 0 Å². The van der Waals surface area contributed by atoms with Gasteiger partial charge in [-0.3, -0.25) is 0 Å². The number of nitrogens with zero attached hydrogens (tertiary/aromatic N) is 3. The molecular weight excluding hydrogens is 236 g/mol. The van der Waals surface area contributed by atoms with Crippen LogP contribution in [0.25, 0.3) is 0 Å². The number of hydrogen-bond donors (Lipinski definition) is 1. The van der Waals surface area contributed by atoms with Crippen molar-refractivity contribution in [3.05, 3.63) is 11.9 Å². The van der Waals surface area contributed by atoms with Crippen LogP contribution in [-0.4, -0.2) is 29.6 Å². The summed E-state index contributed by atoms with van der Waals surface area (Å²) < 4.78 is 0. The van der Waals surface area contributed by atoms with E-state index in [2.05, 4.69) is 35.1 Å². The van der Waals surface area contributed by atoms with E-state index < -0.39 is 0 Å². The van der Waals surface area contributed by atoms with Gasteiger partial charge in [0.2, 0.25) is 0 Å². The molecule has 1 atom stereocenters. The average Bonchev–Trinajstić information content (AvgIpc) is 3.16. The third-order valence-electron chi connectivity index (χ3n) is 4.22. The second-order valence-electron chi connectivity index (χ2n) is 5.78. The second-order valence-corrected chi connectivity index (χ2v) is 5.78. The summed E-state index contributed by atoms with van der Waals surface area (Å²) in [5.74, 6) is 4.62. The highest BCUT2D eigenvalue weighted by molar-refractivity contribution is 5.50. The number of rotatable bonds is 5. The van der Waals surface area contributed by atoms with Gasteiger partial charge in [0.05, 0.1) is 0 Å². The van der Waals surface area contributed by atoms with Crippen LogP contribution in [0.2, 0.25) is 0 Å². The van der Waals surface area contributed by atoms with Crippen LogP contribution in [0.5, 0.6) is 0 Å². The van der Waals surface area contributed by atoms with Gasteiger partial charge in [-0.25, -0.2) is 9.97 Å². The molecule has 4 heteroatoms. The van der Waals surface area contributed by atoms with E-state index in [9.17, 15) is 0 Å². The van der Waals surface area contributed by atoms with E-state index in [0.717, 1.165) is 43.0 Å². The first-order valence-corrected chi connectivity index (χ1v) is 7.68. The van der Waals surface area contributed by atoms with E-state index >= 15 is 0 Å². The molecule has 0 aromatic carbocycles. The summed E-state index contributed by atoms with van der Waals surface area (Å²) in [6, 6.07) is 2.12. The summed E-state index contributed by atoms with van der Waals surface area (Å²) in [6.07, 6.45) is 5.09. The van der Waals surface area contributed by atoms with Crippen LogP contribution in [0.15, 0.2) is 6.07 Å². The predicted octanol–water partition coefficient (Wildman–Crippen LogP) is 3.02. The first-order chi connectivity index (χ1) is 9.30. The quantitative estimate of drug-likeness (QED) is 0.883. The lowest BCUT2D eigenvalue weighted by molar-refractivity contribution is 0.568. The maximum Gasteiger partial charge on any atom is 0.136 e. The van der Waals surface area contributed by atoms with Gasteiger partial charge in [-0.2, -0.15) is 0 Å². The Labute approximate surface area is 115 Å². The lowest BCUT2D eigenvalue weighted by Gasteiger charge is -2.19. The minimum Gasteiger partial charge on any atom is -0.370 e.